The summed E-state index contributed by atoms with van der Waals surface area (Å²) in [5.74, 6) is 0.451. The van der Waals surface area contributed by atoms with Crippen molar-refractivity contribution in [2.45, 2.75) is 37.4 Å². The third-order valence-corrected chi connectivity index (χ3v) is 4.32. The van der Waals surface area contributed by atoms with Crippen molar-refractivity contribution in [1.29, 1.82) is 0 Å². The zero-order valence-electron chi connectivity index (χ0n) is 9.05. The Morgan fingerprint density at radius 3 is 2.60 bits per heavy atom. The molecule has 0 unspecified atom stereocenters. The summed E-state index contributed by atoms with van der Waals surface area (Å²) in [6.07, 6.45) is 5.11. The molecule has 15 heavy (non-hydrogen) atoms. The van der Waals surface area contributed by atoms with Crippen molar-refractivity contribution in [2.75, 3.05) is 0 Å². The van der Waals surface area contributed by atoms with E-state index in [0.717, 1.165) is 24.7 Å². The number of allylic oxidation sites excluding steroid dienone is 2. The van der Waals surface area contributed by atoms with Gasteiger partial charge in [-0.2, -0.15) is 0 Å². The van der Waals surface area contributed by atoms with Crippen molar-refractivity contribution in [1.82, 2.24) is 0 Å². The first kappa shape index (κ1) is 11.1. The first-order valence-electron chi connectivity index (χ1n) is 5.25. The van der Waals surface area contributed by atoms with Crippen LogP contribution in [0.2, 0.25) is 0 Å². The van der Waals surface area contributed by atoms with E-state index < -0.39 is 0 Å². The maximum atomic E-state index is 11.5. The number of hydrogen-bond acceptors (Lipinski definition) is 2. The molecule has 0 saturated heterocycles. The molecule has 0 aromatic heterocycles. The van der Waals surface area contributed by atoms with Crippen LogP contribution in [0.3, 0.4) is 0 Å². The minimum absolute atomic E-state index is 0.0561. The number of alkyl halides is 1. The largest absolute Gasteiger partial charge is 0.302 e. The molecule has 0 aliphatic heterocycles. The van der Waals surface area contributed by atoms with Crippen LogP contribution in [-0.2, 0) is 9.59 Å². The zero-order chi connectivity index (χ0) is 11.3. The Balaban J connectivity index is 2.18. The highest BCUT2D eigenvalue weighted by Crippen LogP contribution is 2.56. The molecule has 0 aromatic carbocycles. The molecule has 2 aliphatic carbocycles. The van der Waals surface area contributed by atoms with Crippen LogP contribution in [-0.4, -0.2) is 16.4 Å². The Hall–Kier alpha value is -0.440. The molecule has 0 amide bonds. The molecule has 0 spiro atoms. The van der Waals surface area contributed by atoms with Gasteiger partial charge in [0.25, 0.3) is 0 Å². The van der Waals surface area contributed by atoms with Gasteiger partial charge in [0.05, 0.1) is 4.32 Å². The average molecular weight is 271 g/mol. The third-order valence-electron chi connectivity index (χ3n) is 3.26. The molecular weight excluding hydrogens is 256 g/mol. The molecule has 2 atom stereocenters. The second-order valence-electron chi connectivity index (χ2n) is 5.50. The molecule has 2 rings (SSSR count). The predicted octanol–water partition coefficient (Wildman–Crippen LogP) is 2.65. The van der Waals surface area contributed by atoms with Crippen LogP contribution >= 0.6 is 15.9 Å². The van der Waals surface area contributed by atoms with Gasteiger partial charge in [-0.25, -0.2) is 0 Å². The Bertz CT molecular complexity index is 357. The molecule has 0 bridgehead atoms. The van der Waals surface area contributed by atoms with Gasteiger partial charge in [-0.05, 0) is 24.3 Å². The van der Waals surface area contributed by atoms with Gasteiger partial charge in [0.1, 0.15) is 6.29 Å². The van der Waals surface area contributed by atoms with Crippen LogP contribution in [0.4, 0.5) is 0 Å². The lowest BCUT2D eigenvalue weighted by Crippen LogP contribution is -2.23. The summed E-state index contributed by atoms with van der Waals surface area (Å²) in [5, 5.41) is 0. The molecule has 2 aliphatic rings. The maximum Gasteiger partial charge on any atom is 0.156 e. The normalized spacial score (nSPS) is 38.5. The van der Waals surface area contributed by atoms with Crippen LogP contribution in [0.1, 0.15) is 33.1 Å². The summed E-state index contributed by atoms with van der Waals surface area (Å²) in [6, 6.07) is 0. The number of hydrogen-bond donors (Lipinski definition) is 0. The van der Waals surface area contributed by atoms with Gasteiger partial charge in [0.2, 0.25) is 0 Å². The van der Waals surface area contributed by atoms with Gasteiger partial charge < -0.3 is 4.79 Å². The molecule has 1 saturated carbocycles. The average Bonchev–Trinajstić information content (AvgIpc) is 2.76. The van der Waals surface area contributed by atoms with Crippen LogP contribution in [0.5, 0.6) is 0 Å². The summed E-state index contributed by atoms with van der Waals surface area (Å²) < 4.78 is -0.369. The highest BCUT2D eigenvalue weighted by molar-refractivity contribution is 9.10. The minimum Gasteiger partial charge on any atom is -0.302 e. The van der Waals surface area contributed by atoms with Gasteiger partial charge in [-0.15, -0.1) is 0 Å². The van der Waals surface area contributed by atoms with E-state index in [-0.39, 0.29) is 21.4 Å². The Kier molecular flexibility index (Phi) is 2.41. The van der Waals surface area contributed by atoms with E-state index in [0.29, 0.717) is 6.42 Å². The van der Waals surface area contributed by atoms with Gasteiger partial charge in [-0.3, -0.25) is 4.79 Å². The SMILES string of the molecule is CC1(C)CC(=O)C=C([C@@H]2C[C@]2(Br)C=O)C1. The summed E-state index contributed by atoms with van der Waals surface area (Å²) in [4.78, 5) is 22.4. The second kappa shape index (κ2) is 3.27. The summed E-state index contributed by atoms with van der Waals surface area (Å²) in [5.41, 5.74) is 1.21. The number of aldehydes is 1. The zero-order valence-corrected chi connectivity index (χ0v) is 10.6. The third kappa shape index (κ3) is 2.07. The standard InChI is InChI=1S/C12H15BrO2/c1-11(2)4-8(3-9(15)5-11)10-6-12(10,13)7-14/h3,7,10H,4-6H2,1-2H3/t10-,12-/m0/s1. The molecule has 0 aromatic rings. The fourth-order valence-electron chi connectivity index (χ4n) is 2.44. The van der Waals surface area contributed by atoms with Crippen molar-refractivity contribution >= 4 is 28.0 Å². The smallest absolute Gasteiger partial charge is 0.156 e. The number of rotatable bonds is 2. The molecular formula is C12H15BrO2. The first-order valence-corrected chi connectivity index (χ1v) is 6.04. The summed E-state index contributed by atoms with van der Waals surface area (Å²) in [7, 11) is 0. The van der Waals surface area contributed by atoms with Crippen molar-refractivity contribution in [2.24, 2.45) is 11.3 Å². The minimum atomic E-state index is -0.369. The van der Waals surface area contributed by atoms with E-state index >= 15 is 0 Å². The van der Waals surface area contributed by atoms with Gasteiger partial charge in [-0.1, -0.05) is 35.4 Å². The second-order valence-corrected chi connectivity index (χ2v) is 6.98. The number of halogens is 1. The monoisotopic (exact) mass is 270 g/mol. The van der Waals surface area contributed by atoms with E-state index in [4.69, 9.17) is 0 Å². The van der Waals surface area contributed by atoms with E-state index in [1.807, 2.05) is 0 Å². The number of carbonyl (C=O) groups is 2. The van der Waals surface area contributed by atoms with Crippen molar-refractivity contribution in [3.05, 3.63) is 11.6 Å². The van der Waals surface area contributed by atoms with E-state index in [9.17, 15) is 9.59 Å². The number of ketones is 1. The van der Waals surface area contributed by atoms with Crippen LogP contribution < -0.4 is 0 Å². The van der Waals surface area contributed by atoms with Crippen molar-refractivity contribution in [3.63, 3.8) is 0 Å². The topological polar surface area (TPSA) is 34.1 Å². The lowest BCUT2D eigenvalue weighted by molar-refractivity contribution is -0.117. The van der Waals surface area contributed by atoms with Crippen LogP contribution in [0, 0.1) is 11.3 Å². The lowest BCUT2D eigenvalue weighted by atomic mass is 9.75. The summed E-state index contributed by atoms with van der Waals surface area (Å²) in [6.45, 7) is 4.22. The van der Waals surface area contributed by atoms with Crippen LogP contribution in [0.15, 0.2) is 11.6 Å². The maximum absolute atomic E-state index is 11.5. The fraction of sp³-hybridized carbons (Fsp3) is 0.667. The molecule has 1 fully saturated rings. The molecule has 0 radical (unpaired) electrons. The Morgan fingerprint density at radius 1 is 1.47 bits per heavy atom. The fourth-order valence-corrected chi connectivity index (χ4v) is 3.06. The van der Waals surface area contributed by atoms with E-state index in [2.05, 4.69) is 29.8 Å². The number of carbonyl (C=O) groups excluding carboxylic acids is 2. The van der Waals surface area contributed by atoms with Gasteiger partial charge >= 0.3 is 0 Å². The first-order chi connectivity index (χ1) is 6.86. The summed E-state index contributed by atoms with van der Waals surface area (Å²) >= 11 is 3.43. The highest BCUT2D eigenvalue weighted by Gasteiger charge is 2.55. The van der Waals surface area contributed by atoms with E-state index in [1.165, 1.54) is 0 Å². The Morgan fingerprint density at radius 2 is 2.13 bits per heavy atom. The molecule has 3 heteroatoms. The Labute approximate surface area is 98.2 Å². The predicted molar refractivity (Wildman–Crippen MR) is 61.9 cm³/mol. The molecule has 0 N–H and O–H groups in total. The van der Waals surface area contributed by atoms with Crippen molar-refractivity contribution < 1.29 is 9.59 Å². The van der Waals surface area contributed by atoms with Gasteiger partial charge in [0.15, 0.2) is 5.78 Å². The molecule has 82 valence electrons. The van der Waals surface area contributed by atoms with E-state index in [1.54, 1.807) is 6.08 Å². The van der Waals surface area contributed by atoms with Crippen LogP contribution in [0.25, 0.3) is 0 Å². The molecule has 0 heterocycles. The highest BCUT2D eigenvalue weighted by atomic mass is 79.9. The lowest BCUT2D eigenvalue weighted by Gasteiger charge is -2.29. The molecule has 2 nitrogen and oxygen atoms in total. The van der Waals surface area contributed by atoms with Crippen molar-refractivity contribution in [3.8, 4) is 0 Å². The quantitative estimate of drug-likeness (QED) is 0.571. The van der Waals surface area contributed by atoms with Gasteiger partial charge in [0, 0.05) is 12.3 Å².